The third-order valence-corrected chi connectivity index (χ3v) is 3.92. The molecule has 0 amide bonds. The van der Waals surface area contributed by atoms with Crippen LogP contribution in [0.3, 0.4) is 0 Å². The van der Waals surface area contributed by atoms with E-state index in [9.17, 15) is 4.79 Å². The topological polar surface area (TPSA) is 58.0 Å². The molecule has 0 aromatic carbocycles. The van der Waals surface area contributed by atoms with Gasteiger partial charge in [-0.15, -0.1) is 11.3 Å². The van der Waals surface area contributed by atoms with E-state index in [0.29, 0.717) is 10.6 Å². The molecule has 21 heavy (non-hydrogen) atoms. The predicted molar refractivity (Wildman–Crippen MR) is 87.1 cm³/mol. The van der Waals surface area contributed by atoms with Crippen molar-refractivity contribution in [3.8, 4) is 0 Å². The molecule has 0 atom stereocenters. The van der Waals surface area contributed by atoms with Crippen LogP contribution in [-0.4, -0.2) is 57.5 Å². The van der Waals surface area contributed by atoms with Gasteiger partial charge in [0.1, 0.15) is 10.6 Å². The van der Waals surface area contributed by atoms with E-state index in [0.717, 1.165) is 15.8 Å². The van der Waals surface area contributed by atoms with Crippen molar-refractivity contribution in [3.05, 3.63) is 17.3 Å². The van der Waals surface area contributed by atoms with E-state index in [4.69, 9.17) is 4.74 Å². The molecule has 0 saturated carbocycles. The number of anilines is 1. The second-order valence-corrected chi connectivity index (χ2v) is 5.96. The number of methoxy groups -OCH3 is 1. The van der Waals surface area contributed by atoms with Crippen LogP contribution >= 0.6 is 11.3 Å². The molecule has 2 heterocycles. The summed E-state index contributed by atoms with van der Waals surface area (Å²) in [5.41, 5.74) is 1.55. The Bertz CT molecular complexity index is 692. The maximum absolute atomic E-state index is 12.0. The van der Waals surface area contributed by atoms with Gasteiger partial charge in [0.15, 0.2) is 0 Å². The number of thiophene rings is 1. The molecule has 0 aliphatic rings. The molecule has 0 fully saturated rings. The Balaban J connectivity index is 2.76. The Morgan fingerprint density at radius 3 is 2.62 bits per heavy atom. The molecule has 0 bridgehead atoms. The van der Waals surface area contributed by atoms with Gasteiger partial charge in [0.05, 0.1) is 30.0 Å². The van der Waals surface area contributed by atoms with Gasteiger partial charge in [-0.1, -0.05) is 0 Å². The number of aliphatic imine (C=N–C) groups is 1. The molecule has 0 aliphatic carbocycles. The first-order valence-electron chi connectivity index (χ1n) is 6.32. The molecule has 0 saturated heterocycles. The van der Waals surface area contributed by atoms with Crippen molar-refractivity contribution in [2.45, 2.75) is 0 Å². The maximum atomic E-state index is 12.0. The SMILES string of the molecule is COC(=O)c1sc2cncc(N(C)C)c2c1/N=C/N(C)C. The quantitative estimate of drug-likeness (QED) is 0.493. The first-order valence-corrected chi connectivity index (χ1v) is 7.14. The second kappa shape index (κ2) is 6.09. The summed E-state index contributed by atoms with van der Waals surface area (Å²) >= 11 is 1.34. The predicted octanol–water partition coefficient (Wildman–Crippen LogP) is 2.37. The van der Waals surface area contributed by atoms with Crippen LogP contribution in [0, 0.1) is 0 Å². The van der Waals surface area contributed by atoms with Crippen molar-refractivity contribution in [2.24, 2.45) is 4.99 Å². The summed E-state index contributed by atoms with van der Waals surface area (Å²) < 4.78 is 5.77. The molecule has 0 spiro atoms. The molecule has 112 valence electrons. The minimum atomic E-state index is -0.383. The zero-order valence-corrected chi connectivity index (χ0v) is 13.6. The van der Waals surface area contributed by atoms with Gasteiger partial charge < -0.3 is 14.5 Å². The first kappa shape index (κ1) is 15.2. The number of rotatable bonds is 4. The lowest BCUT2D eigenvalue weighted by Crippen LogP contribution is -2.09. The van der Waals surface area contributed by atoms with Gasteiger partial charge in [-0.3, -0.25) is 4.98 Å². The lowest BCUT2D eigenvalue weighted by molar-refractivity contribution is 0.0607. The number of pyridine rings is 1. The van der Waals surface area contributed by atoms with Gasteiger partial charge in [0, 0.05) is 39.8 Å². The fourth-order valence-corrected chi connectivity index (χ4v) is 2.94. The van der Waals surface area contributed by atoms with Crippen LogP contribution in [0.5, 0.6) is 0 Å². The Kier molecular flexibility index (Phi) is 4.42. The minimum absolute atomic E-state index is 0.383. The van der Waals surface area contributed by atoms with Gasteiger partial charge in [-0.05, 0) is 0 Å². The lowest BCUT2D eigenvalue weighted by Gasteiger charge is -2.13. The molecule has 2 aromatic rings. The fourth-order valence-electron chi connectivity index (χ4n) is 1.88. The highest BCUT2D eigenvalue weighted by Crippen LogP contribution is 2.42. The van der Waals surface area contributed by atoms with Crippen molar-refractivity contribution in [3.63, 3.8) is 0 Å². The summed E-state index contributed by atoms with van der Waals surface area (Å²) in [5, 5.41) is 0.915. The number of fused-ring (bicyclic) bond motifs is 1. The minimum Gasteiger partial charge on any atom is -0.465 e. The van der Waals surface area contributed by atoms with Crippen molar-refractivity contribution in [1.29, 1.82) is 0 Å². The number of ether oxygens (including phenoxy) is 1. The third kappa shape index (κ3) is 2.97. The standard InChI is InChI=1S/C14H18N4O2S/c1-17(2)8-16-12-11-9(18(3)4)6-15-7-10(11)21-13(12)14(19)20-5/h6-8H,1-5H3/b16-8+. The Morgan fingerprint density at radius 2 is 2.05 bits per heavy atom. The van der Waals surface area contributed by atoms with E-state index in [1.807, 2.05) is 38.0 Å². The largest absolute Gasteiger partial charge is 0.465 e. The van der Waals surface area contributed by atoms with Crippen LogP contribution < -0.4 is 4.90 Å². The van der Waals surface area contributed by atoms with Gasteiger partial charge in [0.25, 0.3) is 0 Å². The second-order valence-electron chi connectivity index (χ2n) is 4.91. The van der Waals surface area contributed by atoms with Crippen LogP contribution in [0.1, 0.15) is 9.67 Å². The van der Waals surface area contributed by atoms with E-state index >= 15 is 0 Å². The molecule has 0 N–H and O–H groups in total. The van der Waals surface area contributed by atoms with Crippen LogP contribution in [0.15, 0.2) is 17.4 Å². The zero-order chi connectivity index (χ0) is 15.6. The Labute approximate surface area is 127 Å². The van der Waals surface area contributed by atoms with E-state index in [1.54, 1.807) is 18.7 Å². The van der Waals surface area contributed by atoms with E-state index in [-0.39, 0.29) is 5.97 Å². The van der Waals surface area contributed by atoms with Crippen LogP contribution in [-0.2, 0) is 4.74 Å². The van der Waals surface area contributed by atoms with E-state index < -0.39 is 0 Å². The molecule has 6 nitrogen and oxygen atoms in total. The Hall–Kier alpha value is -2.15. The van der Waals surface area contributed by atoms with Gasteiger partial charge in [-0.25, -0.2) is 9.79 Å². The van der Waals surface area contributed by atoms with Gasteiger partial charge >= 0.3 is 5.97 Å². The number of carbonyl (C=O) groups excluding carboxylic acids is 1. The monoisotopic (exact) mass is 306 g/mol. The zero-order valence-electron chi connectivity index (χ0n) is 12.7. The summed E-state index contributed by atoms with van der Waals surface area (Å²) in [5.74, 6) is -0.383. The normalized spacial score (nSPS) is 11.1. The number of aromatic nitrogens is 1. The fraction of sp³-hybridized carbons (Fsp3) is 0.357. The van der Waals surface area contributed by atoms with Crippen molar-refractivity contribution >= 4 is 45.1 Å². The average Bonchev–Trinajstić information content (AvgIpc) is 2.82. The number of carbonyl (C=O) groups is 1. The average molecular weight is 306 g/mol. The number of esters is 1. The van der Waals surface area contributed by atoms with Crippen molar-refractivity contribution < 1.29 is 9.53 Å². The Morgan fingerprint density at radius 1 is 1.33 bits per heavy atom. The molecule has 0 radical (unpaired) electrons. The smallest absolute Gasteiger partial charge is 0.350 e. The number of nitrogens with zero attached hydrogens (tertiary/aromatic N) is 4. The highest BCUT2D eigenvalue weighted by Gasteiger charge is 2.21. The van der Waals surface area contributed by atoms with Crippen molar-refractivity contribution in [1.82, 2.24) is 9.88 Å². The van der Waals surface area contributed by atoms with Crippen LogP contribution in [0.25, 0.3) is 10.1 Å². The molecule has 2 aromatic heterocycles. The van der Waals surface area contributed by atoms with Crippen LogP contribution in [0.2, 0.25) is 0 Å². The lowest BCUT2D eigenvalue weighted by atomic mass is 10.2. The number of hydrogen-bond acceptors (Lipinski definition) is 6. The highest BCUT2D eigenvalue weighted by molar-refractivity contribution is 7.21. The summed E-state index contributed by atoms with van der Waals surface area (Å²) in [7, 11) is 9.00. The molecule has 0 aliphatic heterocycles. The maximum Gasteiger partial charge on any atom is 0.350 e. The molecular formula is C14H18N4O2S. The van der Waals surface area contributed by atoms with Gasteiger partial charge in [-0.2, -0.15) is 0 Å². The third-order valence-electron chi connectivity index (χ3n) is 2.83. The molecule has 7 heteroatoms. The van der Waals surface area contributed by atoms with E-state index in [1.165, 1.54) is 18.4 Å². The number of hydrogen-bond donors (Lipinski definition) is 0. The summed E-state index contributed by atoms with van der Waals surface area (Å²) in [6.07, 6.45) is 5.19. The van der Waals surface area contributed by atoms with Crippen LogP contribution in [0.4, 0.5) is 11.4 Å². The first-order chi connectivity index (χ1) is 9.95. The van der Waals surface area contributed by atoms with Crippen molar-refractivity contribution in [2.75, 3.05) is 40.2 Å². The molecular weight excluding hydrogens is 288 g/mol. The van der Waals surface area contributed by atoms with E-state index in [2.05, 4.69) is 9.98 Å². The summed E-state index contributed by atoms with van der Waals surface area (Å²) in [4.78, 5) is 24.9. The highest BCUT2D eigenvalue weighted by atomic mass is 32.1. The molecule has 0 unspecified atom stereocenters. The summed E-state index contributed by atoms with van der Waals surface area (Å²) in [6.45, 7) is 0. The summed E-state index contributed by atoms with van der Waals surface area (Å²) in [6, 6.07) is 0. The molecule has 2 rings (SSSR count). The van der Waals surface area contributed by atoms with Gasteiger partial charge in [0.2, 0.25) is 0 Å².